The highest BCUT2D eigenvalue weighted by Gasteiger charge is 2.11. The number of aromatic carboxylic acids is 1. The van der Waals surface area contributed by atoms with E-state index < -0.39 is 5.97 Å². The van der Waals surface area contributed by atoms with Crippen molar-refractivity contribution >= 4 is 21.9 Å². The minimum Gasteiger partial charge on any atom is -0.478 e. The zero-order valence-electron chi connectivity index (χ0n) is 10.4. The quantitative estimate of drug-likeness (QED) is 0.882. The fourth-order valence-corrected chi connectivity index (χ4v) is 2.40. The second-order valence-electron chi connectivity index (χ2n) is 4.23. The highest BCUT2D eigenvalue weighted by Crippen LogP contribution is 2.23. The van der Waals surface area contributed by atoms with Gasteiger partial charge in [-0.1, -0.05) is 34.1 Å². The predicted octanol–water partition coefficient (Wildman–Crippen LogP) is 3.59. The maximum absolute atomic E-state index is 10.7. The Labute approximate surface area is 119 Å². The van der Waals surface area contributed by atoms with E-state index in [0.29, 0.717) is 12.3 Å². The van der Waals surface area contributed by atoms with E-state index in [1.54, 1.807) is 0 Å². The molecule has 2 aromatic rings. The van der Waals surface area contributed by atoms with Crippen molar-refractivity contribution in [2.75, 3.05) is 0 Å². The van der Waals surface area contributed by atoms with Crippen molar-refractivity contribution in [3.63, 3.8) is 0 Å². The molecule has 2 rings (SSSR count). The van der Waals surface area contributed by atoms with Crippen LogP contribution < -0.4 is 5.32 Å². The number of halogens is 1. The summed E-state index contributed by atoms with van der Waals surface area (Å²) >= 11 is 3.51. The van der Waals surface area contributed by atoms with Gasteiger partial charge >= 0.3 is 5.97 Å². The van der Waals surface area contributed by atoms with Gasteiger partial charge in [0, 0.05) is 10.5 Å². The molecule has 1 aromatic heterocycles. The van der Waals surface area contributed by atoms with Crippen LogP contribution in [-0.4, -0.2) is 11.1 Å². The Morgan fingerprint density at radius 2 is 2.21 bits per heavy atom. The molecule has 1 aromatic carbocycles. The van der Waals surface area contributed by atoms with E-state index in [1.165, 1.54) is 12.3 Å². The standard InChI is InChI=1S/C14H14BrNO3/c1-9(12-4-2-3-5-13(12)15)16-7-11-6-10(8-19-11)14(17)18/h2-6,8-9,16H,7H2,1H3,(H,17,18)/t9-/m1/s1. The topological polar surface area (TPSA) is 62.5 Å². The first kappa shape index (κ1) is 13.8. The summed E-state index contributed by atoms with van der Waals surface area (Å²) in [5, 5.41) is 12.1. The Bertz CT molecular complexity index is 580. The second-order valence-corrected chi connectivity index (χ2v) is 5.09. The third-order valence-electron chi connectivity index (χ3n) is 2.85. The molecule has 19 heavy (non-hydrogen) atoms. The van der Waals surface area contributed by atoms with Gasteiger partial charge in [-0.2, -0.15) is 0 Å². The lowest BCUT2D eigenvalue weighted by Crippen LogP contribution is -2.18. The smallest absolute Gasteiger partial charge is 0.338 e. The molecule has 0 unspecified atom stereocenters. The van der Waals surface area contributed by atoms with Gasteiger partial charge in [-0.25, -0.2) is 4.79 Å². The molecule has 0 saturated carbocycles. The lowest BCUT2D eigenvalue weighted by molar-refractivity contribution is 0.0696. The molecular weight excluding hydrogens is 310 g/mol. The van der Waals surface area contributed by atoms with Crippen molar-refractivity contribution in [1.29, 1.82) is 0 Å². The number of carboxylic acid groups (broad SMARTS) is 1. The van der Waals surface area contributed by atoms with Crippen molar-refractivity contribution in [2.45, 2.75) is 19.5 Å². The van der Waals surface area contributed by atoms with Crippen LogP contribution in [0.3, 0.4) is 0 Å². The summed E-state index contributed by atoms with van der Waals surface area (Å²) in [7, 11) is 0. The number of nitrogens with one attached hydrogen (secondary N) is 1. The average Bonchev–Trinajstić information content (AvgIpc) is 2.85. The molecule has 0 aliphatic carbocycles. The molecule has 4 nitrogen and oxygen atoms in total. The Kier molecular flexibility index (Phi) is 4.39. The van der Waals surface area contributed by atoms with Gasteiger partial charge in [0.15, 0.2) is 0 Å². The van der Waals surface area contributed by atoms with Gasteiger partial charge in [-0.15, -0.1) is 0 Å². The van der Waals surface area contributed by atoms with E-state index in [-0.39, 0.29) is 11.6 Å². The maximum Gasteiger partial charge on any atom is 0.338 e. The van der Waals surface area contributed by atoms with Crippen LogP contribution >= 0.6 is 15.9 Å². The normalized spacial score (nSPS) is 12.3. The van der Waals surface area contributed by atoms with Crippen LogP contribution in [0.25, 0.3) is 0 Å². The number of benzene rings is 1. The molecule has 5 heteroatoms. The van der Waals surface area contributed by atoms with Gasteiger partial charge in [-0.3, -0.25) is 0 Å². The Balaban J connectivity index is 1.98. The average molecular weight is 324 g/mol. The van der Waals surface area contributed by atoms with Crippen molar-refractivity contribution in [3.8, 4) is 0 Å². The van der Waals surface area contributed by atoms with E-state index in [0.717, 1.165) is 10.0 Å². The first-order valence-electron chi connectivity index (χ1n) is 5.86. The Morgan fingerprint density at radius 1 is 1.47 bits per heavy atom. The molecule has 1 atom stereocenters. The number of hydrogen-bond acceptors (Lipinski definition) is 3. The molecule has 0 bridgehead atoms. The third-order valence-corrected chi connectivity index (χ3v) is 3.58. The second kappa shape index (κ2) is 6.04. The van der Waals surface area contributed by atoms with Gasteiger partial charge in [0.1, 0.15) is 12.0 Å². The molecule has 0 aliphatic rings. The highest BCUT2D eigenvalue weighted by atomic mass is 79.9. The monoisotopic (exact) mass is 323 g/mol. The maximum atomic E-state index is 10.7. The minimum atomic E-state index is -0.978. The number of rotatable bonds is 5. The lowest BCUT2D eigenvalue weighted by Gasteiger charge is -2.14. The van der Waals surface area contributed by atoms with Crippen LogP contribution in [0, 0.1) is 0 Å². The molecule has 0 saturated heterocycles. The summed E-state index contributed by atoms with van der Waals surface area (Å²) in [6, 6.07) is 9.63. The summed E-state index contributed by atoms with van der Waals surface area (Å²) in [6.07, 6.45) is 1.25. The van der Waals surface area contributed by atoms with Crippen LogP contribution in [0.5, 0.6) is 0 Å². The number of carbonyl (C=O) groups is 1. The highest BCUT2D eigenvalue weighted by molar-refractivity contribution is 9.10. The van der Waals surface area contributed by atoms with E-state index in [4.69, 9.17) is 9.52 Å². The first-order chi connectivity index (χ1) is 9.08. The fourth-order valence-electron chi connectivity index (χ4n) is 1.78. The number of hydrogen-bond donors (Lipinski definition) is 2. The largest absolute Gasteiger partial charge is 0.478 e. The SMILES string of the molecule is C[C@@H](NCc1cc(C(=O)O)co1)c1ccccc1Br. The summed E-state index contributed by atoms with van der Waals surface area (Å²) in [5.74, 6) is -0.370. The molecule has 0 amide bonds. The molecular formula is C14H14BrNO3. The van der Waals surface area contributed by atoms with Crippen LogP contribution in [0.2, 0.25) is 0 Å². The molecule has 2 N–H and O–H groups in total. The Morgan fingerprint density at radius 3 is 2.84 bits per heavy atom. The zero-order valence-corrected chi connectivity index (χ0v) is 12.0. The minimum absolute atomic E-state index is 0.133. The van der Waals surface area contributed by atoms with E-state index in [1.807, 2.05) is 31.2 Å². The van der Waals surface area contributed by atoms with Crippen molar-refractivity contribution in [3.05, 3.63) is 58.0 Å². The number of carboxylic acids is 1. The fraction of sp³-hybridized carbons (Fsp3) is 0.214. The molecule has 0 radical (unpaired) electrons. The van der Waals surface area contributed by atoms with Crippen LogP contribution in [0.4, 0.5) is 0 Å². The summed E-state index contributed by atoms with van der Waals surface area (Å²) in [6.45, 7) is 2.52. The van der Waals surface area contributed by atoms with E-state index >= 15 is 0 Å². The third kappa shape index (κ3) is 3.45. The molecule has 1 heterocycles. The molecule has 0 aliphatic heterocycles. The first-order valence-corrected chi connectivity index (χ1v) is 6.65. The van der Waals surface area contributed by atoms with Crippen LogP contribution in [0.15, 0.2) is 45.5 Å². The summed E-state index contributed by atoms with van der Waals surface area (Å²) < 4.78 is 6.23. The van der Waals surface area contributed by atoms with Gasteiger partial charge in [0.25, 0.3) is 0 Å². The lowest BCUT2D eigenvalue weighted by atomic mass is 10.1. The molecule has 0 spiro atoms. The van der Waals surface area contributed by atoms with Crippen LogP contribution in [0.1, 0.15) is 34.6 Å². The predicted molar refractivity (Wildman–Crippen MR) is 75.1 cm³/mol. The van der Waals surface area contributed by atoms with Gasteiger partial charge in [0.2, 0.25) is 0 Å². The molecule has 100 valence electrons. The molecule has 0 fully saturated rings. The van der Waals surface area contributed by atoms with Crippen molar-refractivity contribution in [1.82, 2.24) is 5.32 Å². The van der Waals surface area contributed by atoms with E-state index in [9.17, 15) is 4.79 Å². The van der Waals surface area contributed by atoms with Gasteiger partial charge < -0.3 is 14.8 Å². The Hall–Kier alpha value is -1.59. The van der Waals surface area contributed by atoms with E-state index in [2.05, 4.69) is 21.2 Å². The van der Waals surface area contributed by atoms with Gasteiger partial charge in [0.05, 0.1) is 12.1 Å². The van der Waals surface area contributed by atoms with Crippen molar-refractivity contribution < 1.29 is 14.3 Å². The van der Waals surface area contributed by atoms with Crippen LogP contribution in [-0.2, 0) is 6.54 Å². The van der Waals surface area contributed by atoms with Gasteiger partial charge in [-0.05, 0) is 24.6 Å². The number of furan rings is 1. The van der Waals surface area contributed by atoms with Crippen molar-refractivity contribution in [2.24, 2.45) is 0 Å². The summed E-state index contributed by atoms with van der Waals surface area (Å²) in [5.41, 5.74) is 1.32. The zero-order chi connectivity index (χ0) is 13.8. The summed E-state index contributed by atoms with van der Waals surface area (Å²) in [4.78, 5) is 10.7.